The summed E-state index contributed by atoms with van der Waals surface area (Å²) in [7, 11) is 1.50. The molecule has 0 atom stereocenters. The quantitative estimate of drug-likeness (QED) is 0.815. The molecular weight excluding hydrogens is 303 g/mol. The molecule has 0 saturated carbocycles. The van der Waals surface area contributed by atoms with E-state index in [1.807, 2.05) is 0 Å². The lowest BCUT2D eigenvalue weighted by Gasteiger charge is -2.08. The van der Waals surface area contributed by atoms with Gasteiger partial charge >= 0.3 is 0 Å². The van der Waals surface area contributed by atoms with Crippen molar-refractivity contribution in [2.75, 3.05) is 12.4 Å². The van der Waals surface area contributed by atoms with E-state index in [-0.39, 0.29) is 18.0 Å². The number of ether oxygens (including phenoxy) is 1. The summed E-state index contributed by atoms with van der Waals surface area (Å²) >= 11 is 0.496. The van der Waals surface area contributed by atoms with Crippen molar-refractivity contribution < 1.29 is 22.3 Å². The molecule has 2 aromatic rings. The molecule has 0 aliphatic heterocycles. The van der Waals surface area contributed by atoms with E-state index in [0.29, 0.717) is 29.0 Å². The van der Waals surface area contributed by atoms with Crippen LogP contribution in [0, 0.1) is 5.82 Å². The molecule has 0 aliphatic carbocycles. The van der Waals surface area contributed by atoms with Crippen LogP contribution in [0.2, 0.25) is 0 Å². The first kappa shape index (κ1) is 15.6. The van der Waals surface area contributed by atoms with Crippen molar-refractivity contribution in [2.24, 2.45) is 0 Å². The largest absolute Gasteiger partial charge is 0.497 e. The van der Waals surface area contributed by atoms with Crippen LogP contribution in [0.25, 0.3) is 0 Å². The average molecular weight is 317 g/mol. The van der Waals surface area contributed by atoms with Crippen molar-refractivity contribution in [3.05, 3.63) is 47.7 Å². The van der Waals surface area contributed by atoms with Crippen molar-refractivity contribution in [1.82, 2.24) is 0 Å². The number of anilines is 1. The molecule has 1 aromatic heterocycles. The molecule has 0 amide bonds. The van der Waals surface area contributed by atoms with Gasteiger partial charge < -0.3 is 14.5 Å². The van der Waals surface area contributed by atoms with Gasteiger partial charge in [0.15, 0.2) is 0 Å². The Hall–Kier alpha value is -1.76. The van der Waals surface area contributed by atoms with Gasteiger partial charge in [-0.3, -0.25) is 0 Å². The van der Waals surface area contributed by atoms with E-state index in [2.05, 4.69) is 5.32 Å². The van der Waals surface area contributed by atoms with E-state index in [1.54, 1.807) is 12.1 Å². The van der Waals surface area contributed by atoms with E-state index in [0.717, 1.165) is 0 Å². The highest BCUT2D eigenvalue weighted by Crippen LogP contribution is 2.23. The molecule has 3 nitrogen and oxygen atoms in total. The summed E-state index contributed by atoms with van der Waals surface area (Å²) in [5.74, 6) is -1.19. The minimum absolute atomic E-state index is 0.102. The summed E-state index contributed by atoms with van der Waals surface area (Å²) in [5, 5.41) is 2.88. The number of methoxy groups -OCH3 is 1. The van der Waals surface area contributed by atoms with E-state index in [4.69, 9.17) is 9.15 Å². The van der Waals surface area contributed by atoms with Crippen molar-refractivity contribution in [3.63, 3.8) is 0 Å². The maximum Gasteiger partial charge on any atom is 0.284 e. The van der Waals surface area contributed by atoms with Gasteiger partial charge in [-0.05, 0) is 24.3 Å². The Morgan fingerprint density at radius 3 is 2.71 bits per heavy atom. The van der Waals surface area contributed by atoms with Gasteiger partial charge in [0.25, 0.3) is 5.76 Å². The predicted molar refractivity (Wildman–Crippen MR) is 76.3 cm³/mol. The van der Waals surface area contributed by atoms with Crippen LogP contribution in [0.5, 0.6) is 5.75 Å². The molecule has 0 spiro atoms. The molecule has 0 saturated heterocycles. The molecule has 1 aromatic carbocycles. The number of furan rings is 1. The van der Waals surface area contributed by atoms with Gasteiger partial charge in [-0.15, -0.1) is 0 Å². The van der Waals surface area contributed by atoms with Crippen LogP contribution < -0.4 is 10.1 Å². The Morgan fingerprint density at radius 2 is 2.00 bits per heavy atom. The van der Waals surface area contributed by atoms with Crippen LogP contribution in [0.3, 0.4) is 0 Å². The minimum atomic E-state index is -2.43. The molecule has 0 fully saturated rings. The Balaban J connectivity index is 1.94. The molecule has 7 heteroatoms. The molecule has 0 aliphatic rings. The van der Waals surface area contributed by atoms with Gasteiger partial charge in [-0.1, -0.05) is 11.8 Å². The lowest BCUT2D eigenvalue weighted by molar-refractivity contribution is 0.251. The number of halogens is 3. The van der Waals surface area contributed by atoms with Crippen LogP contribution in [0.4, 0.5) is 18.9 Å². The fraction of sp³-hybridized carbons (Fsp3) is 0.286. The highest BCUT2D eigenvalue weighted by atomic mass is 32.2. The van der Waals surface area contributed by atoms with Gasteiger partial charge in [0.2, 0.25) is 0 Å². The van der Waals surface area contributed by atoms with Gasteiger partial charge in [0, 0.05) is 6.07 Å². The summed E-state index contributed by atoms with van der Waals surface area (Å²) in [4.78, 5) is 0. The molecule has 21 heavy (non-hydrogen) atoms. The summed E-state index contributed by atoms with van der Waals surface area (Å²) in [6.07, 6.45) is 0. The monoisotopic (exact) mass is 317 g/mol. The highest BCUT2D eigenvalue weighted by molar-refractivity contribution is 7.98. The lowest BCUT2D eigenvalue weighted by atomic mass is 10.3. The standard InChI is InChI=1S/C14H14F3NO2S/c1-19-9-4-5-12(15)13(6-9)18-7-10-2-3-11(20-10)8-21-14(16)17/h2-6,14,18H,7-8H2,1H3. The minimum Gasteiger partial charge on any atom is -0.497 e. The van der Waals surface area contributed by atoms with Crippen LogP contribution in [-0.4, -0.2) is 12.9 Å². The molecule has 1 N–H and O–H groups in total. The number of benzene rings is 1. The first-order valence-electron chi connectivity index (χ1n) is 6.13. The molecule has 0 radical (unpaired) electrons. The van der Waals surface area contributed by atoms with Gasteiger partial charge in [-0.25, -0.2) is 4.39 Å². The maximum atomic E-state index is 13.6. The Morgan fingerprint density at radius 1 is 1.24 bits per heavy atom. The first-order chi connectivity index (χ1) is 10.1. The number of alkyl halides is 2. The molecule has 2 rings (SSSR count). The van der Waals surface area contributed by atoms with E-state index < -0.39 is 11.6 Å². The van der Waals surface area contributed by atoms with Crippen LogP contribution in [0.15, 0.2) is 34.7 Å². The summed E-state index contributed by atoms with van der Waals surface area (Å²) in [6.45, 7) is 0.253. The zero-order valence-electron chi connectivity index (χ0n) is 11.2. The van der Waals surface area contributed by atoms with E-state index >= 15 is 0 Å². The van der Waals surface area contributed by atoms with Gasteiger partial charge in [0.05, 0.1) is 25.1 Å². The van der Waals surface area contributed by atoms with Crippen LogP contribution in [0.1, 0.15) is 11.5 Å². The number of hydrogen-bond acceptors (Lipinski definition) is 4. The number of hydrogen-bond donors (Lipinski definition) is 1. The van der Waals surface area contributed by atoms with Crippen molar-refractivity contribution >= 4 is 17.4 Å². The van der Waals surface area contributed by atoms with Gasteiger partial charge in [0.1, 0.15) is 23.1 Å². The van der Waals surface area contributed by atoms with Gasteiger partial charge in [-0.2, -0.15) is 8.78 Å². The zero-order valence-corrected chi connectivity index (χ0v) is 12.1. The third kappa shape index (κ3) is 4.63. The smallest absolute Gasteiger partial charge is 0.284 e. The third-order valence-corrected chi connectivity index (χ3v) is 3.40. The second kappa shape index (κ2) is 7.31. The highest BCUT2D eigenvalue weighted by Gasteiger charge is 2.08. The number of rotatable bonds is 7. The summed E-state index contributed by atoms with van der Waals surface area (Å²) in [6, 6.07) is 7.66. The van der Waals surface area contributed by atoms with E-state index in [1.165, 1.54) is 25.3 Å². The average Bonchev–Trinajstić information content (AvgIpc) is 2.92. The molecule has 114 valence electrons. The topological polar surface area (TPSA) is 34.4 Å². The lowest BCUT2D eigenvalue weighted by Crippen LogP contribution is -2.01. The van der Waals surface area contributed by atoms with Crippen molar-refractivity contribution in [2.45, 2.75) is 18.1 Å². The van der Waals surface area contributed by atoms with Crippen LogP contribution >= 0.6 is 11.8 Å². The fourth-order valence-electron chi connectivity index (χ4n) is 1.69. The summed E-state index contributed by atoms with van der Waals surface area (Å²) < 4.78 is 48.1. The Kier molecular flexibility index (Phi) is 5.44. The number of nitrogens with one attached hydrogen (secondary N) is 1. The maximum absolute atomic E-state index is 13.6. The fourth-order valence-corrected chi connectivity index (χ4v) is 2.13. The molecule has 1 heterocycles. The molecule has 0 unspecified atom stereocenters. The predicted octanol–water partition coefficient (Wildman–Crippen LogP) is 4.50. The normalized spacial score (nSPS) is 10.9. The summed E-state index contributed by atoms with van der Waals surface area (Å²) in [5.41, 5.74) is 0.286. The second-order valence-corrected chi connectivity index (χ2v) is 5.12. The Labute approximate surface area is 124 Å². The van der Waals surface area contributed by atoms with Crippen molar-refractivity contribution in [3.8, 4) is 5.75 Å². The first-order valence-corrected chi connectivity index (χ1v) is 7.18. The third-order valence-electron chi connectivity index (χ3n) is 2.70. The van der Waals surface area contributed by atoms with Crippen molar-refractivity contribution in [1.29, 1.82) is 0 Å². The van der Waals surface area contributed by atoms with E-state index in [9.17, 15) is 13.2 Å². The SMILES string of the molecule is COc1ccc(F)c(NCc2ccc(CSC(F)F)o2)c1. The van der Waals surface area contributed by atoms with Crippen LogP contribution in [-0.2, 0) is 12.3 Å². The number of thioether (sulfide) groups is 1. The Bertz CT molecular complexity index is 589. The molecule has 0 bridgehead atoms. The molecular formula is C14H14F3NO2S. The second-order valence-electron chi connectivity index (χ2n) is 4.14. The zero-order chi connectivity index (χ0) is 15.2.